The van der Waals surface area contributed by atoms with Gasteiger partial charge >= 0.3 is 0 Å². The van der Waals surface area contributed by atoms with Crippen molar-refractivity contribution in [2.75, 3.05) is 36.8 Å². The van der Waals surface area contributed by atoms with Crippen LogP contribution in [0.4, 0.5) is 22.7 Å². The molecule has 0 bridgehead atoms. The van der Waals surface area contributed by atoms with Gasteiger partial charge in [0, 0.05) is 63.1 Å². The molecule has 0 saturated heterocycles. The summed E-state index contributed by atoms with van der Waals surface area (Å²) in [5, 5.41) is 23.9. The molecule has 0 amide bonds. The zero-order chi connectivity index (χ0) is 71.5. The number of nitrogens with zero attached hydrogens (tertiary/aromatic N) is 7. The van der Waals surface area contributed by atoms with Crippen LogP contribution in [0.2, 0.25) is 0 Å². The van der Waals surface area contributed by atoms with Crippen LogP contribution in [-0.2, 0) is 6.54 Å². The van der Waals surface area contributed by atoms with Crippen molar-refractivity contribution in [3.8, 4) is 0 Å². The molecule has 12 rings (SSSR count). The highest BCUT2D eigenvalue weighted by atomic mass is 35.5. The second kappa shape index (κ2) is 38.2. The molecule has 0 spiro atoms. The molecule has 12 nitrogen and oxygen atoms in total. The third kappa shape index (κ3) is 17.5. The number of hydrogen-bond acceptors (Lipinski definition) is 8. The highest BCUT2D eigenvalue weighted by molar-refractivity contribution is 6.40. The average molecular weight is 1430 g/mol. The standard InChI is InChI=1S/C91H120N8O4.ClH/c1-5-9-13-17-21-25-29-33-37-44-58-95(59-45-38-34-30-26-22-18-14-10-6-2)81-63-77-80(65-82(81)98(102)103)97-88(93-77)72-54-50-68-70-52-56-74-87-73(55-51-69(85(70)87)71-53-57-75(91(97)101)86(72)84(68)71)89-94-78-64-83(76(92)62-79(78)96(89)90(74)100)99(66-67-48-42-41-43-49-67,60-46-39-35-31-27-23-19-15-11-7-3)61-47-40-36-32-28-24-20-16-12-8-4;/h41-43,48-57,62-65H,5-40,44-47,58-61,66H2,1-4H3,(H-,92,93,101);1H. The number of halogens is 1. The van der Waals surface area contributed by atoms with Crippen LogP contribution >= 0.6 is 0 Å². The molecule has 104 heavy (non-hydrogen) atoms. The molecule has 13 heteroatoms. The lowest BCUT2D eigenvalue weighted by Crippen LogP contribution is -3.00. The van der Waals surface area contributed by atoms with Crippen molar-refractivity contribution in [1.29, 1.82) is 0 Å². The fourth-order valence-corrected chi connectivity index (χ4v) is 17.9. The molecule has 8 aromatic carbocycles. The Labute approximate surface area is 625 Å². The van der Waals surface area contributed by atoms with E-state index in [9.17, 15) is 10.1 Å². The quantitative estimate of drug-likeness (QED) is 0.00756. The van der Waals surface area contributed by atoms with Crippen LogP contribution in [0.25, 0.3) is 98.0 Å². The average Bonchev–Trinajstić information content (AvgIpc) is 1.18. The topological polar surface area (TPSA) is 141 Å². The number of hydrogen-bond donors (Lipinski definition) is 1. The molecule has 0 aliphatic rings. The summed E-state index contributed by atoms with van der Waals surface area (Å²) in [6.07, 6.45) is 50.1. The number of unbranched alkanes of at least 4 members (excludes halogenated alkanes) is 36. The Kier molecular flexibility index (Phi) is 28.5. The molecule has 2 N–H and O–H groups in total. The minimum Gasteiger partial charge on any atom is -1.00 e. The zero-order valence-corrected chi connectivity index (χ0v) is 64.6. The van der Waals surface area contributed by atoms with Crippen LogP contribution in [0.1, 0.15) is 290 Å². The van der Waals surface area contributed by atoms with E-state index in [1.165, 1.54) is 224 Å². The number of pyridine rings is 2. The molecule has 0 radical (unpaired) electrons. The number of quaternary nitrogens is 1. The molecule has 556 valence electrons. The minimum atomic E-state index is -0.258. The number of aromatic nitrogens is 4. The van der Waals surface area contributed by atoms with Gasteiger partial charge in [0.25, 0.3) is 16.8 Å². The molecular weight excluding hydrogens is 1300 g/mol. The number of rotatable bonds is 49. The van der Waals surface area contributed by atoms with Crippen molar-refractivity contribution in [2.24, 2.45) is 0 Å². The van der Waals surface area contributed by atoms with Crippen LogP contribution in [0.5, 0.6) is 0 Å². The van der Waals surface area contributed by atoms with Crippen molar-refractivity contribution >= 4 is 121 Å². The van der Waals surface area contributed by atoms with Crippen molar-refractivity contribution in [2.45, 2.75) is 291 Å². The minimum absolute atomic E-state index is 0. The Balaban J connectivity index is 0.0000108. The van der Waals surface area contributed by atoms with Crippen molar-refractivity contribution in [1.82, 2.24) is 23.3 Å². The summed E-state index contributed by atoms with van der Waals surface area (Å²) in [5.74, 6) is 0. The van der Waals surface area contributed by atoms with E-state index in [1.807, 2.05) is 22.6 Å². The molecule has 4 heterocycles. The third-order valence-corrected chi connectivity index (χ3v) is 23.6. The molecule has 0 aliphatic carbocycles. The van der Waals surface area contributed by atoms with Crippen LogP contribution < -0.4 is 38.6 Å². The van der Waals surface area contributed by atoms with Gasteiger partial charge in [-0.1, -0.05) is 301 Å². The molecule has 0 aliphatic heterocycles. The number of nitrogens with two attached hydrogens (primary N) is 1. The van der Waals surface area contributed by atoms with E-state index < -0.39 is 0 Å². The summed E-state index contributed by atoms with van der Waals surface area (Å²) in [4.78, 5) is 57.1. The lowest BCUT2D eigenvalue weighted by Gasteiger charge is -2.39. The SMILES string of the molecule is CCCCCCCCCCCCN(CCCCCCCCCCCC)c1cc2nc3c4ccc5c6ccc7c(=O)n8c9cc(N)c([N+](CCCCCCCCCCCC)(CCCCCCCCCCCC)Cc%10ccccc%10)cc9nc8c8ccc(c9ccc(c(=O)n3c2cc1[N+](=O)[O-])c4c95)c6c78.[Cl-]. The van der Waals surface area contributed by atoms with Gasteiger partial charge in [-0.2, -0.15) is 0 Å². The first-order valence-corrected chi connectivity index (χ1v) is 41.6. The molecule has 0 fully saturated rings. The summed E-state index contributed by atoms with van der Waals surface area (Å²) in [5.41, 5.74) is 14.5. The lowest BCUT2D eigenvalue weighted by molar-refractivity contribution is -0.384. The molecule has 0 atom stereocenters. The highest BCUT2D eigenvalue weighted by Crippen LogP contribution is 2.47. The van der Waals surface area contributed by atoms with E-state index in [0.29, 0.717) is 44.5 Å². The van der Waals surface area contributed by atoms with Crippen molar-refractivity contribution in [3.05, 3.63) is 140 Å². The van der Waals surface area contributed by atoms with Gasteiger partial charge in [-0.3, -0.25) is 33.0 Å². The Morgan fingerprint density at radius 3 is 1.12 bits per heavy atom. The molecule has 12 aromatic rings. The lowest BCUT2D eigenvalue weighted by atomic mass is 9.86. The van der Waals surface area contributed by atoms with E-state index >= 15 is 9.59 Å². The van der Waals surface area contributed by atoms with E-state index in [1.54, 1.807) is 10.5 Å². The number of anilines is 2. The summed E-state index contributed by atoms with van der Waals surface area (Å²) in [7, 11) is 0. The monoisotopic (exact) mass is 1420 g/mol. The summed E-state index contributed by atoms with van der Waals surface area (Å²) in [6.45, 7) is 13.4. The molecule has 4 aromatic heterocycles. The number of fused-ring (bicyclic) bond motifs is 10. The zero-order valence-electron chi connectivity index (χ0n) is 63.9. The van der Waals surface area contributed by atoms with Gasteiger partial charge in [0.15, 0.2) is 5.69 Å². The maximum Gasteiger partial charge on any atom is 0.294 e. The van der Waals surface area contributed by atoms with Gasteiger partial charge in [0.2, 0.25) is 0 Å². The van der Waals surface area contributed by atoms with Gasteiger partial charge in [0.1, 0.15) is 23.5 Å². The van der Waals surface area contributed by atoms with Crippen LogP contribution in [0.15, 0.2) is 113 Å². The van der Waals surface area contributed by atoms with Gasteiger partial charge < -0.3 is 23.0 Å². The van der Waals surface area contributed by atoms with Crippen LogP contribution in [0, 0.1) is 10.1 Å². The molecular formula is C91H121ClN8O4. The van der Waals surface area contributed by atoms with Gasteiger partial charge in [0.05, 0.1) is 45.8 Å². The predicted molar refractivity (Wildman–Crippen MR) is 442 cm³/mol. The van der Waals surface area contributed by atoms with E-state index in [4.69, 9.17) is 15.7 Å². The maximum absolute atomic E-state index is 15.5. The third-order valence-electron chi connectivity index (χ3n) is 23.6. The fraction of sp³-hybridized carbons (Fsp3) is 0.538. The van der Waals surface area contributed by atoms with Crippen LogP contribution in [0.3, 0.4) is 0 Å². The van der Waals surface area contributed by atoms with Gasteiger partial charge in [-0.25, -0.2) is 9.97 Å². The van der Waals surface area contributed by atoms with Crippen LogP contribution in [-0.4, -0.2) is 49.9 Å². The normalized spacial score (nSPS) is 12.3. The number of nitro benzene ring substituents is 1. The predicted octanol–water partition coefficient (Wildman–Crippen LogP) is 22.7. The first-order valence-electron chi connectivity index (χ1n) is 41.6. The van der Waals surface area contributed by atoms with Gasteiger partial charge in [-0.15, -0.1) is 0 Å². The second-order valence-corrected chi connectivity index (χ2v) is 31.2. The Morgan fingerprint density at radius 1 is 0.404 bits per heavy atom. The number of benzene rings is 8. The number of imidazole rings is 2. The largest absolute Gasteiger partial charge is 1.00 e. The smallest absolute Gasteiger partial charge is 0.294 e. The van der Waals surface area contributed by atoms with E-state index in [2.05, 4.69) is 111 Å². The molecule has 0 saturated carbocycles. The first kappa shape index (κ1) is 77.7. The second-order valence-electron chi connectivity index (χ2n) is 31.2. The number of nitrogen functional groups attached to an aromatic ring is 1. The summed E-state index contributed by atoms with van der Waals surface area (Å²) < 4.78 is 4.19. The van der Waals surface area contributed by atoms with Crippen molar-refractivity contribution in [3.63, 3.8) is 0 Å². The summed E-state index contributed by atoms with van der Waals surface area (Å²) >= 11 is 0. The Morgan fingerprint density at radius 2 is 0.731 bits per heavy atom. The first-order chi connectivity index (χ1) is 50.6. The molecule has 0 unspecified atom stereocenters. The Bertz CT molecular complexity index is 4760. The highest BCUT2D eigenvalue weighted by Gasteiger charge is 2.35. The maximum atomic E-state index is 15.5. The summed E-state index contributed by atoms with van der Waals surface area (Å²) in [6, 6.07) is 35.5. The van der Waals surface area contributed by atoms with E-state index in [-0.39, 0.29) is 34.1 Å². The number of nitro groups is 1. The Hall–Kier alpha value is -7.41. The van der Waals surface area contributed by atoms with E-state index in [0.717, 1.165) is 146 Å². The van der Waals surface area contributed by atoms with Crippen molar-refractivity contribution < 1.29 is 17.3 Å². The van der Waals surface area contributed by atoms with Gasteiger partial charge in [-0.05, 0) is 107 Å². The fourth-order valence-electron chi connectivity index (χ4n) is 17.9.